The van der Waals surface area contributed by atoms with Crippen molar-refractivity contribution < 1.29 is 19.1 Å². The number of benzene rings is 4. The number of rotatable bonds is 5. The highest BCUT2D eigenvalue weighted by Gasteiger charge is 2.26. The lowest BCUT2D eigenvalue weighted by molar-refractivity contribution is 0.0725. The van der Waals surface area contributed by atoms with Crippen molar-refractivity contribution >= 4 is 33.7 Å². The van der Waals surface area contributed by atoms with E-state index in [-0.39, 0.29) is 11.1 Å². The molecule has 4 aromatic carbocycles. The minimum Gasteiger partial charge on any atom is -0.423 e. The summed E-state index contributed by atoms with van der Waals surface area (Å²) in [6.07, 6.45) is 3.17. The highest BCUT2D eigenvalue weighted by atomic mass is 16.5. The highest BCUT2D eigenvalue weighted by molar-refractivity contribution is 6.15. The van der Waals surface area contributed by atoms with Crippen LogP contribution >= 0.6 is 0 Å². The molecule has 194 valence electrons. The summed E-state index contributed by atoms with van der Waals surface area (Å²) in [6, 6.07) is 29.2. The minimum atomic E-state index is -0.566. The number of nitrogens with zero attached hydrogens (tertiary/aromatic N) is 2. The fourth-order valence-electron chi connectivity index (χ4n) is 4.66. The normalized spacial score (nSPS) is 10.9. The highest BCUT2D eigenvalue weighted by Crippen LogP contribution is 2.35. The van der Waals surface area contributed by atoms with Crippen LogP contribution in [-0.2, 0) is 0 Å². The maximum Gasteiger partial charge on any atom is 0.344 e. The smallest absolute Gasteiger partial charge is 0.344 e. The van der Waals surface area contributed by atoms with Crippen LogP contribution in [0.1, 0.15) is 31.8 Å². The number of fused-ring (bicyclic) bond motifs is 2. The van der Waals surface area contributed by atoms with E-state index >= 15 is 0 Å². The van der Waals surface area contributed by atoms with Crippen molar-refractivity contribution in [2.75, 3.05) is 0 Å². The standard InChI is InChI=1S/C34H24N2O4/c1-21-11-15-23(16-12-21)39-33(37)31-25-7-3-5-9-29(25)35-19-27(31)28-20-36-30-10-6-4-8-26(30)32(28)34(38)40-24-17-13-22(2)14-18-24/h3-20H,1-2H3. The molecule has 6 rings (SSSR count). The number of carbonyl (C=O) groups is 2. The lowest BCUT2D eigenvalue weighted by atomic mass is 9.93. The topological polar surface area (TPSA) is 78.4 Å². The van der Waals surface area contributed by atoms with Crippen molar-refractivity contribution in [2.45, 2.75) is 13.8 Å². The Bertz CT molecular complexity index is 1750. The molecule has 0 aliphatic heterocycles. The molecule has 0 bridgehead atoms. The summed E-state index contributed by atoms with van der Waals surface area (Å²) in [5, 5.41) is 1.20. The molecule has 0 aliphatic carbocycles. The van der Waals surface area contributed by atoms with Crippen LogP contribution < -0.4 is 9.47 Å². The molecule has 0 spiro atoms. The van der Waals surface area contributed by atoms with Gasteiger partial charge in [0, 0.05) is 34.3 Å². The van der Waals surface area contributed by atoms with E-state index in [0.717, 1.165) is 11.1 Å². The van der Waals surface area contributed by atoms with E-state index in [9.17, 15) is 9.59 Å². The van der Waals surface area contributed by atoms with Crippen LogP contribution in [0, 0.1) is 13.8 Å². The average Bonchev–Trinajstić information content (AvgIpc) is 2.98. The van der Waals surface area contributed by atoms with Gasteiger partial charge < -0.3 is 9.47 Å². The van der Waals surface area contributed by atoms with Crippen molar-refractivity contribution in [3.63, 3.8) is 0 Å². The van der Waals surface area contributed by atoms with Crippen LogP contribution in [0.25, 0.3) is 32.9 Å². The molecular formula is C34H24N2O4. The number of aromatic nitrogens is 2. The van der Waals surface area contributed by atoms with Gasteiger partial charge in [0.2, 0.25) is 0 Å². The zero-order valence-corrected chi connectivity index (χ0v) is 21.9. The zero-order chi connectivity index (χ0) is 27.6. The number of hydrogen-bond donors (Lipinski definition) is 0. The van der Waals surface area contributed by atoms with Crippen molar-refractivity contribution in [3.05, 3.63) is 132 Å². The molecule has 0 atom stereocenters. The molecule has 2 heterocycles. The summed E-state index contributed by atoms with van der Waals surface area (Å²) in [5.41, 5.74) is 4.76. The van der Waals surface area contributed by atoms with E-state index in [1.165, 1.54) is 0 Å². The summed E-state index contributed by atoms with van der Waals surface area (Å²) >= 11 is 0. The average molecular weight is 525 g/mol. The Labute approximate surface area is 230 Å². The van der Waals surface area contributed by atoms with Gasteiger partial charge in [-0.1, -0.05) is 71.8 Å². The van der Waals surface area contributed by atoms with Crippen LogP contribution in [0.15, 0.2) is 109 Å². The Morgan fingerprint density at radius 3 is 1.30 bits per heavy atom. The molecule has 0 radical (unpaired) electrons. The van der Waals surface area contributed by atoms with Gasteiger partial charge in [0.15, 0.2) is 0 Å². The molecule has 2 aromatic heterocycles. The van der Waals surface area contributed by atoms with Crippen molar-refractivity contribution in [1.82, 2.24) is 9.97 Å². The predicted octanol–water partition coefficient (Wildman–Crippen LogP) is 7.51. The third-order valence-corrected chi connectivity index (χ3v) is 6.71. The van der Waals surface area contributed by atoms with Gasteiger partial charge in [0.05, 0.1) is 22.2 Å². The lowest BCUT2D eigenvalue weighted by Crippen LogP contribution is -2.15. The summed E-state index contributed by atoms with van der Waals surface area (Å²) in [4.78, 5) is 36.8. The third kappa shape index (κ3) is 4.78. The van der Waals surface area contributed by atoms with Gasteiger partial charge in [-0.2, -0.15) is 0 Å². The van der Waals surface area contributed by atoms with Gasteiger partial charge in [-0.3, -0.25) is 9.97 Å². The zero-order valence-electron chi connectivity index (χ0n) is 21.9. The number of para-hydroxylation sites is 2. The molecule has 6 nitrogen and oxygen atoms in total. The Kier molecular flexibility index (Phi) is 6.50. The van der Waals surface area contributed by atoms with E-state index < -0.39 is 11.9 Å². The summed E-state index contributed by atoms with van der Waals surface area (Å²) < 4.78 is 11.6. The molecule has 0 unspecified atom stereocenters. The largest absolute Gasteiger partial charge is 0.423 e. The van der Waals surface area contributed by atoms with Gasteiger partial charge in [-0.15, -0.1) is 0 Å². The first-order chi connectivity index (χ1) is 19.5. The van der Waals surface area contributed by atoms with E-state index in [1.54, 1.807) is 36.7 Å². The Hall–Kier alpha value is -5.36. The number of pyridine rings is 2. The number of hydrogen-bond acceptors (Lipinski definition) is 6. The molecule has 0 N–H and O–H groups in total. The number of ether oxygens (including phenoxy) is 2. The second kappa shape index (κ2) is 10.4. The van der Waals surface area contributed by atoms with Gasteiger partial charge >= 0.3 is 11.9 Å². The molecule has 0 amide bonds. The maximum atomic E-state index is 13.8. The second-order valence-corrected chi connectivity index (χ2v) is 9.53. The van der Waals surface area contributed by atoms with Crippen LogP contribution in [0.5, 0.6) is 11.5 Å². The first-order valence-electron chi connectivity index (χ1n) is 12.8. The lowest BCUT2D eigenvalue weighted by Gasteiger charge is -2.16. The Balaban J connectivity index is 1.55. The van der Waals surface area contributed by atoms with Gasteiger partial charge in [0.1, 0.15) is 11.5 Å². The Morgan fingerprint density at radius 1 is 0.525 bits per heavy atom. The van der Waals surface area contributed by atoms with Crippen LogP contribution in [0.3, 0.4) is 0 Å². The van der Waals surface area contributed by atoms with Crippen molar-refractivity contribution in [3.8, 4) is 22.6 Å². The molecule has 0 fully saturated rings. The van der Waals surface area contributed by atoms with E-state index in [4.69, 9.17) is 9.47 Å². The minimum absolute atomic E-state index is 0.285. The number of aryl methyl sites for hydroxylation is 2. The van der Waals surface area contributed by atoms with Crippen molar-refractivity contribution in [2.24, 2.45) is 0 Å². The quantitative estimate of drug-likeness (QED) is 0.172. The van der Waals surface area contributed by atoms with Crippen LogP contribution in [0.2, 0.25) is 0 Å². The fraction of sp³-hybridized carbons (Fsp3) is 0.0588. The molecule has 40 heavy (non-hydrogen) atoms. The molecule has 0 aliphatic rings. The summed E-state index contributed by atoms with van der Waals surface area (Å²) in [6.45, 7) is 3.92. The molecule has 6 aromatic rings. The van der Waals surface area contributed by atoms with Crippen LogP contribution in [-0.4, -0.2) is 21.9 Å². The van der Waals surface area contributed by atoms with Gasteiger partial charge in [-0.25, -0.2) is 9.59 Å². The van der Waals surface area contributed by atoms with E-state index in [2.05, 4.69) is 9.97 Å². The number of esters is 2. The third-order valence-electron chi connectivity index (χ3n) is 6.71. The monoisotopic (exact) mass is 524 g/mol. The molecule has 0 saturated heterocycles. The first kappa shape index (κ1) is 24.9. The SMILES string of the molecule is Cc1ccc(OC(=O)c2c(-c3cnc4ccccc4c3C(=O)Oc3ccc(C)cc3)cnc3ccccc23)cc1. The van der Waals surface area contributed by atoms with E-state index in [1.807, 2.05) is 86.6 Å². The Morgan fingerprint density at radius 2 is 0.900 bits per heavy atom. The van der Waals surface area contributed by atoms with Gasteiger partial charge in [-0.05, 0) is 50.2 Å². The van der Waals surface area contributed by atoms with Crippen molar-refractivity contribution in [1.29, 1.82) is 0 Å². The second-order valence-electron chi connectivity index (χ2n) is 9.53. The molecule has 0 saturated carbocycles. The van der Waals surface area contributed by atoms with Gasteiger partial charge in [0.25, 0.3) is 0 Å². The van der Waals surface area contributed by atoms with Crippen LogP contribution in [0.4, 0.5) is 0 Å². The summed E-state index contributed by atoms with van der Waals surface area (Å²) in [7, 11) is 0. The summed E-state index contributed by atoms with van der Waals surface area (Å²) in [5.74, 6) is -0.303. The first-order valence-corrected chi connectivity index (χ1v) is 12.8. The predicted molar refractivity (Wildman–Crippen MR) is 155 cm³/mol. The molecular weight excluding hydrogens is 500 g/mol. The molecule has 6 heteroatoms. The number of carbonyl (C=O) groups excluding carboxylic acids is 2. The fourth-order valence-corrected chi connectivity index (χ4v) is 4.66. The van der Waals surface area contributed by atoms with E-state index in [0.29, 0.717) is 44.4 Å². The maximum absolute atomic E-state index is 13.8.